The van der Waals surface area contributed by atoms with E-state index in [1.54, 1.807) is 13.0 Å². The highest BCUT2D eigenvalue weighted by Crippen LogP contribution is 2.20. The minimum absolute atomic E-state index is 0.0955. The Morgan fingerprint density at radius 2 is 2.22 bits per heavy atom. The van der Waals surface area contributed by atoms with E-state index in [4.69, 9.17) is 9.26 Å². The Kier molecular flexibility index (Phi) is 3.27. The molecule has 2 rings (SSSR count). The zero-order valence-electron chi connectivity index (χ0n) is 9.86. The number of carbonyl (C=O) groups excluding carboxylic acids is 1. The average molecular weight is 250 g/mol. The van der Waals surface area contributed by atoms with E-state index in [1.807, 2.05) is 0 Å². The maximum absolute atomic E-state index is 13.1. The third kappa shape index (κ3) is 2.48. The first-order chi connectivity index (χ1) is 8.60. The van der Waals surface area contributed by atoms with E-state index in [0.717, 1.165) is 6.07 Å². The molecule has 0 fully saturated rings. The summed E-state index contributed by atoms with van der Waals surface area (Å²) in [4.78, 5) is 11.9. The molecule has 18 heavy (non-hydrogen) atoms. The lowest BCUT2D eigenvalue weighted by Crippen LogP contribution is -2.13. The summed E-state index contributed by atoms with van der Waals surface area (Å²) in [6, 6.07) is 5.26. The third-order valence-electron chi connectivity index (χ3n) is 2.28. The fourth-order valence-electron chi connectivity index (χ4n) is 1.47. The number of benzene rings is 1. The van der Waals surface area contributed by atoms with Crippen molar-refractivity contribution in [2.75, 3.05) is 12.4 Å². The molecular formula is C12H11FN2O3. The van der Waals surface area contributed by atoms with E-state index in [2.05, 4.69) is 10.5 Å². The van der Waals surface area contributed by atoms with E-state index < -0.39 is 11.7 Å². The Morgan fingerprint density at radius 3 is 2.83 bits per heavy atom. The summed E-state index contributed by atoms with van der Waals surface area (Å²) in [5, 5.41) is 6.11. The SMILES string of the molecule is COc1ccc(F)cc1C(=O)Nc1cc(C)on1. The van der Waals surface area contributed by atoms with E-state index in [0.29, 0.717) is 5.76 Å². The highest BCUT2D eigenvalue weighted by molar-refractivity contribution is 6.05. The minimum Gasteiger partial charge on any atom is -0.496 e. The second kappa shape index (κ2) is 4.87. The zero-order valence-corrected chi connectivity index (χ0v) is 9.86. The topological polar surface area (TPSA) is 64.4 Å². The number of anilines is 1. The molecular weight excluding hydrogens is 239 g/mol. The summed E-state index contributed by atoms with van der Waals surface area (Å²) in [6.07, 6.45) is 0. The van der Waals surface area contributed by atoms with Crippen LogP contribution in [0.2, 0.25) is 0 Å². The number of methoxy groups -OCH3 is 1. The van der Waals surface area contributed by atoms with Crippen LogP contribution in [0.3, 0.4) is 0 Å². The van der Waals surface area contributed by atoms with Gasteiger partial charge in [-0.15, -0.1) is 0 Å². The number of aromatic nitrogens is 1. The molecule has 0 saturated heterocycles. The molecule has 0 aliphatic heterocycles. The van der Waals surface area contributed by atoms with Gasteiger partial charge in [0.05, 0.1) is 12.7 Å². The smallest absolute Gasteiger partial charge is 0.260 e. The van der Waals surface area contributed by atoms with Crippen LogP contribution in [0.4, 0.5) is 10.2 Å². The molecule has 0 aliphatic rings. The van der Waals surface area contributed by atoms with Crippen LogP contribution in [0.25, 0.3) is 0 Å². The van der Waals surface area contributed by atoms with Gasteiger partial charge in [-0.2, -0.15) is 0 Å². The molecule has 0 radical (unpaired) electrons. The third-order valence-corrected chi connectivity index (χ3v) is 2.28. The second-order valence-electron chi connectivity index (χ2n) is 3.62. The first-order valence-corrected chi connectivity index (χ1v) is 5.18. The lowest BCUT2D eigenvalue weighted by molar-refractivity contribution is 0.102. The number of hydrogen-bond acceptors (Lipinski definition) is 4. The molecule has 1 N–H and O–H groups in total. The number of ether oxygens (including phenoxy) is 1. The van der Waals surface area contributed by atoms with Crippen molar-refractivity contribution in [2.24, 2.45) is 0 Å². The highest BCUT2D eigenvalue weighted by Gasteiger charge is 2.15. The predicted octanol–water partition coefficient (Wildman–Crippen LogP) is 2.38. The van der Waals surface area contributed by atoms with Crippen molar-refractivity contribution in [1.82, 2.24) is 5.16 Å². The van der Waals surface area contributed by atoms with E-state index in [-0.39, 0.29) is 17.1 Å². The molecule has 1 aromatic heterocycles. The molecule has 1 heterocycles. The van der Waals surface area contributed by atoms with E-state index in [1.165, 1.54) is 19.2 Å². The van der Waals surface area contributed by atoms with Crippen LogP contribution in [0.15, 0.2) is 28.8 Å². The van der Waals surface area contributed by atoms with Gasteiger partial charge in [0.15, 0.2) is 5.82 Å². The van der Waals surface area contributed by atoms with Crippen LogP contribution in [-0.2, 0) is 0 Å². The van der Waals surface area contributed by atoms with Gasteiger partial charge in [-0.1, -0.05) is 5.16 Å². The first kappa shape index (κ1) is 12.1. The number of amides is 1. The summed E-state index contributed by atoms with van der Waals surface area (Å²) < 4.78 is 22.9. The summed E-state index contributed by atoms with van der Waals surface area (Å²) >= 11 is 0. The van der Waals surface area contributed by atoms with E-state index in [9.17, 15) is 9.18 Å². The minimum atomic E-state index is -0.516. The largest absolute Gasteiger partial charge is 0.496 e. The highest BCUT2D eigenvalue weighted by atomic mass is 19.1. The summed E-state index contributed by atoms with van der Waals surface area (Å²) in [5.74, 6) is 0.0892. The molecule has 1 amide bonds. The van der Waals surface area contributed by atoms with Crippen LogP contribution in [0, 0.1) is 12.7 Å². The van der Waals surface area contributed by atoms with Gasteiger partial charge in [-0.25, -0.2) is 4.39 Å². The monoisotopic (exact) mass is 250 g/mol. The van der Waals surface area contributed by atoms with Gasteiger partial charge in [0, 0.05) is 6.07 Å². The second-order valence-corrected chi connectivity index (χ2v) is 3.62. The van der Waals surface area contributed by atoms with Crippen LogP contribution < -0.4 is 10.1 Å². The maximum Gasteiger partial charge on any atom is 0.260 e. The van der Waals surface area contributed by atoms with Crippen molar-refractivity contribution in [1.29, 1.82) is 0 Å². The summed E-state index contributed by atoms with van der Waals surface area (Å²) in [7, 11) is 1.41. The van der Waals surface area contributed by atoms with Crippen molar-refractivity contribution >= 4 is 11.7 Å². The fourth-order valence-corrected chi connectivity index (χ4v) is 1.47. The quantitative estimate of drug-likeness (QED) is 0.908. The number of halogens is 1. The first-order valence-electron chi connectivity index (χ1n) is 5.18. The molecule has 5 nitrogen and oxygen atoms in total. The zero-order chi connectivity index (χ0) is 13.1. The van der Waals surface area contributed by atoms with E-state index >= 15 is 0 Å². The van der Waals surface area contributed by atoms with Crippen molar-refractivity contribution in [2.45, 2.75) is 6.92 Å². The van der Waals surface area contributed by atoms with Crippen LogP contribution in [0.5, 0.6) is 5.75 Å². The Bertz CT molecular complexity index is 580. The summed E-state index contributed by atoms with van der Waals surface area (Å²) in [5.41, 5.74) is 0.0955. The van der Waals surface area contributed by atoms with Gasteiger partial charge in [0.2, 0.25) is 0 Å². The van der Waals surface area contributed by atoms with Gasteiger partial charge in [0.1, 0.15) is 17.3 Å². The number of rotatable bonds is 3. The van der Waals surface area contributed by atoms with Gasteiger partial charge in [0.25, 0.3) is 5.91 Å². The Hall–Kier alpha value is -2.37. The molecule has 0 bridgehead atoms. The molecule has 0 atom stereocenters. The predicted molar refractivity (Wildman–Crippen MR) is 62.1 cm³/mol. The molecule has 2 aromatic rings. The van der Waals surface area contributed by atoms with Crippen molar-refractivity contribution in [3.05, 3.63) is 41.4 Å². The maximum atomic E-state index is 13.1. The van der Waals surface area contributed by atoms with Gasteiger partial charge in [-0.05, 0) is 25.1 Å². The molecule has 6 heteroatoms. The van der Waals surface area contributed by atoms with Gasteiger partial charge < -0.3 is 14.6 Å². The van der Waals surface area contributed by atoms with Crippen LogP contribution in [0.1, 0.15) is 16.1 Å². The lowest BCUT2D eigenvalue weighted by atomic mass is 10.2. The van der Waals surface area contributed by atoms with Crippen molar-refractivity contribution < 1.29 is 18.4 Å². The number of aryl methyl sites for hydroxylation is 1. The Balaban J connectivity index is 2.25. The standard InChI is InChI=1S/C12H11FN2O3/c1-7-5-11(15-18-7)14-12(16)9-6-8(13)3-4-10(9)17-2/h3-6H,1-2H3,(H,14,15,16). The average Bonchev–Trinajstić information content (AvgIpc) is 2.74. The molecule has 0 saturated carbocycles. The molecule has 0 unspecified atom stereocenters. The molecule has 1 aromatic carbocycles. The van der Waals surface area contributed by atoms with Gasteiger partial charge >= 0.3 is 0 Å². The lowest BCUT2D eigenvalue weighted by Gasteiger charge is -2.07. The normalized spacial score (nSPS) is 10.2. The van der Waals surface area contributed by atoms with Crippen LogP contribution >= 0.6 is 0 Å². The van der Waals surface area contributed by atoms with Crippen molar-refractivity contribution in [3.63, 3.8) is 0 Å². The Labute approximate surface area is 103 Å². The fraction of sp³-hybridized carbons (Fsp3) is 0.167. The van der Waals surface area contributed by atoms with Gasteiger partial charge in [-0.3, -0.25) is 4.79 Å². The number of nitrogens with one attached hydrogen (secondary N) is 1. The van der Waals surface area contributed by atoms with Crippen LogP contribution in [-0.4, -0.2) is 18.2 Å². The molecule has 94 valence electrons. The number of carbonyl (C=O) groups is 1. The number of nitrogens with zero attached hydrogens (tertiary/aromatic N) is 1. The Morgan fingerprint density at radius 1 is 1.44 bits per heavy atom. The summed E-state index contributed by atoms with van der Waals surface area (Å²) in [6.45, 7) is 1.70. The number of hydrogen-bond donors (Lipinski definition) is 1. The molecule has 0 aliphatic carbocycles. The molecule has 0 spiro atoms. The van der Waals surface area contributed by atoms with Crippen molar-refractivity contribution in [3.8, 4) is 5.75 Å².